The lowest BCUT2D eigenvalue weighted by Crippen LogP contribution is -1.82. The SMILES string of the molecule is c1cc([C@@H]2CO2)c2[nH]ncc2c1. The number of H-pyrrole nitrogens is 1. The Morgan fingerprint density at radius 3 is 3.25 bits per heavy atom. The van der Waals surface area contributed by atoms with Gasteiger partial charge >= 0.3 is 0 Å². The Morgan fingerprint density at radius 2 is 2.42 bits per heavy atom. The van der Waals surface area contributed by atoms with Crippen molar-refractivity contribution >= 4 is 10.9 Å². The molecule has 1 N–H and O–H groups in total. The molecule has 3 heteroatoms. The Kier molecular flexibility index (Phi) is 1.07. The molecule has 60 valence electrons. The van der Waals surface area contributed by atoms with Crippen LogP contribution in [0.3, 0.4) is 0 Å². The van der Waals surface area contributed by atoms with Gasteiger partial charge in [0.05, 0.1) is 18.3 Å². The van der Waals surface area contributed by atoms with Crippen molar-refractivity contribution in [1.29, 1.82) is 0 Å². The molecule has 1 aromatic carbocycles. The third-order valence-corrected chi connectivity index (χ3v) is 2.19. The second kappa shape index (κ2) is 2.08. The minimum absolute atomic E-state index is 0.300. The Bertz CT molecular complexity index is 417. The molecule has 3 nitrogen and oxygen atoms in total. The zero-order valence-electron chi connectivity index (χ0n) is 6.45. The van der Waals surface area contributed by atoms with E-state index in [0.29, 0.717) is 6.10 Å². The molecular formula is C9H8N2O. The van der Waals surface area contributed by atoms with Crippen LogP contribution in [0, 0.1) is 0 Å². The maximum atomic E-state index is 5.22. The molecule has 1 fully saturated rings. The van der Waals surface area contributed by atoms with Gasteiger partial charge in [0, 0.05) is 10.9 Å². The smallest absolute Gasteiger partial charge is 0.108 e. The molecule has 12 heavy (non-hydrogen) atoms. The van der Waals surface area contributed by atoms with E-state index in [1.165, 1.54) is 5.56 Å². The first-order chi connectivity index (χ1) is 5.95. The molecule has 0 bridgehead atoms. The number of epoxide rings is 1. The number of hydrogen-bond acceptors (Lipinski definition) is 2. The van der Waals surface area contributed by atoms with Gasteiger partial charge in [-0.3, -0.25) is 5.10 Å². The maximum absolute atomic E-state index is 5.22. The van der Waals surface area contributed by atoms with E-state index < -0.39 is 0 Å². The van der Waals surface area contributed by atoms with Gasteiger partial charge < -0.3 is 4.74 Å². The normalized spacial score (nSPS) is 21.5. The highest BCUT2D eigenvalue weighted by Gasteiger charge is 2.26. The van der Waals surface area contributed by atoms with Gasteiger partial charge in [-0.2, -0.15) is 5.10 Å². The zero-order chi connectivity index (χ0) is 7.97. The van der Waals surface area contributed by atoms with Gasteiger partial charge in [-0.1, -0.05) is 18.2 Å². The predicted molar refractivity (Wildman–Crippen MR) is 44.8 cm³/mol. The largest absolute Gasteiger partial charge is 0.368 e. The molecule has 0 radical (unpaired) electrons. The molecule has 0 amide bonds. The van der Waals surface area contributed by atoms with Crippen LogP contribution in [0.25, 0.3) is 10.9 Å². The summed E-state index contributed by atoms with van der Waals surface area (Å²) in [6.07, 6.45) is 2.13. The molecule has 3 rings (SSSR count). The monoisotopic (exact) mass is 160 g/mol. The van der Waals surface area contributed by atoms with E-state index in [9.17, 15) is 0 Å². The molecule has 1 atom stereocenters. The summed E-state index contributed by atoms with van der Waals surface area (Å²) in [6, 6.07) is 6.16. The maximum Gasteiger partial charge on any atom is 0.108 e. The number of aromatic amines is 1. The second-order valence-electron chi connectivity index (χ2n) is 3.00. The van der Waals surface area contributed by atoms with E-state index in [4.69, 9.17) is 4.74 Å². The van der Waals surface area contributed by atoms with Gasteiger partial charge in [-0.05, 0) is 0 Å². The third kappa shape index (κ3) is 0.769. The molecule has 0 unspecified atom stereocenters. The Balaban J connectivity index is 2.32. The van der Waals surface area contributed by atoms with Crippen LogP contribution in [-0.2, 0) is 4.74 Å². The van der Waals surface area contributed by atoms with Crippen molar-refractivity contribution in [3.05, 3.63) is 30.0 Å². The molecule has 0 spiro atoms. The summed E-state index contributed by atoms with van der Waals surface area (Å²) >= 11 is 0. The number of aromatic nitrogens is 2. The van der Waals surface area contributed by atoms with Crippen molar-refractivity contribution in [2.75, 3.05) is 6.61 Å². The summed E-state index contributed by atoms with van der Waals surface area (Å²) in [5.41, 5.74) is 2.34. The number of fused-ring (bicyclic) bond motifs is 1. The number of nitrogens with one attached hydrogen (secondary N) is 1. The first kappa shape index (κ1) is 6.20. The van der Waals surface area contributed by atoms with Gasteiger partial charge in [0.25, 0.3) is 0 Å². The van der Waals surface area contributed by atoms with Crippen LogP contribution >= 0.6 is 0 Å². The first-order valence-electron chi connectivity index (χ1n) is 3.99. The average Bonchev–Trinajstić information content (AvgIpc) is 2.82. The van der Waals surface area contributed by atoms with Crippen LogP contribution in [0.1, 0.15) is 11.7 Å². The standard InChI is InChI=1S/C9H8N2O/c1-2-6-4-10-11-9(6)7(3-1)8-5-12-8/h1-4,8H,5H2,(H,10,11)/t8-/m0/s1. The van der Waals surface area contributed by atoms with E-state index in [0.717, 1.165) is 17.5 Å². The molecule has 1 saturated heterocycles. The van der Waals surface area contributed by atoms with Crippen LogP contribution in [0.5, 0.6) is 0 Å². The summed E-state index contributed by atoms with van der Waals surface area (Å²) in [4.78, 5) is 0. The van der Waals surface area contributed by atoms with Gasteiger partial charge in [0.15, 0.2) is 0 Å². The highest BCUT2D eigenvalue weighted by molar-refractivity contribution is 5.81. The lowest BCUT2D eigenvalue weighted by Gasteiger charge is -1.95. The Labute approximate surface area is 69.3 Å². The van der Waals surface area contributed by atoms with Crippen LogP contribution < -0.4 is 0 Å². The fourth-order valence-electron chi connectivity index (χ4n) is 1.49. The fraction of sp³-hybridized carbons (Fsp3) is 0.222. The summed E-state index contributed by atoms with van der Waals surface area (Å²) in [5.74, 6) is 0. The number of rotatable bonds is 1. The Hall–Kier alpha value is -1.35. The van der Waals surface area contributed by atoms with Crippen molar-refractivity contribution in [2.24, 2.45) is 0 Å². The summed E-state index contributed by atoms with van der Waals surface area (Å²) in [7, 11) is 0. The molecular weight excluding hydrogens is 152 g/mol. The highest BCUT2D eigenvalue weighted by atomic mass is 16.6. The lowest BCUT2D eigenvalue weighted by molar-refractivity contribution is 0.416. The summed E-state index contributed by atoms with van der Waals surface area (Å²) in [5, 5.41) is 8.13. The summed E-state index contributed by atoms with van der Waals surface area (Å²) in [6.45, 7) is 0.845. The molecule has 0 aliphatic carbocycles. The average molecular weight is 160 g/mol. The van der Waals surface area contributed by atoms with Crippen LogP contribution in [0.15, 0.2) is 24.4 Å². The predicted octanol–water partition coefficient (Wildman–Crippen LogP) is 1.63. The molecule has 1 aromatic heterocycles. The van der Waals surface area contributed by atoms with E-state index in [-0.39, 0.29) is 0 Å². The van der Waals surface area contributed by atoms with E-state index in [1.54, 1.807) is 0 Å². The summed E-state index contributed by atoms with van der Waals surface area (Å²) < 4.78 is 5.22. The molecule has 1 aliphatic rings. The van der Waals surface area contributed by atoms with Crippen molar-refractivity contribution in [1.82, 2.24) is 10.2 Å². The second-order valence-corrected chi connectivity index (χ2v) is 3.00. The zero-order valence-corrected chi connectivity index (χ0v) is 6.45. The molecule has 0 saturated carbocycles. The number of nitrogens with zero attached hydrogens (tertiary/aromatic N) is 1. The number of para-hydroxylation sites is 1. The van der Waals surface area contributed by atoms with Gasteiger partial charge in [-0.25, -0.2) is 0 Å². The highest BCUT2D eigenvalue weighted by Crippen LogP contribution is 2.33. The van der Waals surface area contributed by atoms with E-state index in [1.807, 2.05) is 18.3 Å². The quantitative estimate of drug-likeness (QED) is 0.644. The van der Waals surface area contributed by atoms with Crippen LogP contribution in [0.2, 0.25) is 0 Å². The van der Waals surface area contributed by atoms with Crippen LogP contribution in [0.4, 0.5) is 0 Å². The molecule has 2 aromatic rings. The number of benzene rings is 1. The van der Waals surface area contributed by atoms with Crippen molar-refractivity contribution in [2.45, 2.75) is 6.10 Å². The van der Waals surface area contributed by atoms with Gasteiger partial charge in [-0.15, -0.1) is 0 Å². The van der Waals surface area contributed by atoms with Crippen LogP contribution in [-0.4, -0.2) is 16.8 Å². The van der Waals surface area contributed by atoms with Gasteiger partial charge in [0.2, 0.25) is 0 Å². The lowest BCUT2D eigenvalue weighted by atomic mass is 10.1. The third-order valence-electron chi connectivity index (χ3n) is 2.19. The van der Waals surface area contributed by atoms with E-state index in [2.05, 4.69) is 16.3 Å². The fourth-order valence-corrected chi connectivity index (χ4v) is 1.49. The molecule has 1 aliphatic heterocycles. The number of ether oxygens (including phenoxy) is 1. The molecule has 2 heterocycles. The topological polar surface area (TPSA) is 41.2 Å². The number of hydrogen-bond donors (Lipinski definition) is 1. The van der Waals surface area contributed by atoms with Crippen molar-refractivity contribution in [3.8, 4) is 0 Å². The van der Waals surface area contributed by atoms with Gasteiger partial charge in [0.1, 0.15) is 6.10 Å². The minimum Gasteiger partial charge on any atom is -0.368 e. The van der Waals surface area contributed by atoms with E-state index >= 15 is 0 Å². The minimum atomic E-state index is 0.300. The van der Waals surface area contributed by atoms with Crippen molar-refractivity contribution in [3.63, 3.8) is 0 Å². The Morgan fingerprint density at radius 1 is 1.50 bits per heavy atom. The van der Waals surface area contributed by atoms with Crippen molar-refractivity contribution < 1.29 is 4.74 Å². The first-order valence-corrected chi connectivity index (χ1v) is 3.99.